The van der Waals surface area contributed by atoms with Gasteiger partial charge in [-0.15, -0.1) is 0 Å². The number of nitrogen functional groups attached to an aromatic ring is 1. The first-order chi connectivity index (χ1) is 9.52. The molecule has 20 heavy (non-hydrogen) atoms. The molecule has 0 atom stereocenters. The van der Waals surface area contributed by atoms with Crippen molar-refractivity contribution >= 4 is 27.3 Å². The van der Waals surface area contributed by atoms with E-state index in [-0.39, 0.29) is 22.9 Å². The number of anilines is 1. The highest BCUT2D eigenvalue weighted by atomic mass is 79.9. The summed E-state index contributed by atoms with van der Waals surface area (Å²) in [6, 6.07) is 8.35. The molecule has 0 aliphatic heterocycles. The maximum atomic E-state index is 13.6. The lowest BCUT2D eigenvalue weighted by molar-refractivity contribution is -0.384. The molecule has 0 aromatic heterocycles. The number of nitrogens with one attached hydrogen (secondary N) is 1. The number of para-hydroxylation sites is 1. The Balaban J connectivity index is 2.48. The molecule has 104 valence electrons. The Morgan fingerprint density at radius 3 is 2.70 bits per heavy atom. The third-order valence-corrected chi connectivity index (χ3v) is 2.94. The summed E-state index contributed by atoms with van der Waals surface area (Å²) in [5, 5.41) is 11.1. The van der Waals surface area contributed by atoms with Crippen molar-refractivity contribution in [1.29, 1.82) is 0 Å². The molecule has 2 aromatic rings. The number of nitrogens with zero attached hydrogens (tertiary/aromatic N) is 1. The Hall–Kier alpha value is -2.19. The molecule has 0 aliphatic rings. The van der Waals surface area contributed by atoms with E-state index in [9.17, 15) is 14.5 Å². The largest absolute Gasteiger partial charge is 0.447 e. The van der Waals surface area contributed by atoms with Gasteiger partial charge in [0.05, 0.1) is 4.92 Å². The van der Waals surface area contributed by atoms with Crippen LogP contribution in [0.5, 0.6) is 11.5 Å². The molecule has 0 spiro atoms. The Morgan fingerprint density at radius 2 is 2.05 bits per heavy atom. The Bertz CT molecular complexity index is 666. The van der Waals surface area contributed by atoms with Gasteiger partial charge in [0, 0.05) is 4.47 Å². The van der Waals surface area contributed by atoms with Gasteiger partial charge in [-0.1, -0.05) is 22.0 Å². The highest BCUT2D eigenvalue weighted by molar-refractivity contribution is 9.10. The summed E-state index contributed by atoms with van der Waals surface area (Å²) in [4.78, 5) is 10.4. The molecule has 2 aromatic carbocycles. The van der Waals surface area contributed by atoms with E-state index in [0.717, 1.165) is 0 Å². The normalized spacial score (nSPS) is 10.2. The highest BCUT2D eigenvalue weighted by Crippen LogP contribution is 2.38. The van der Waals surface area contributed by atoms with Gasteiger partial charge >= 0.3 is 5.69 Å². The first kappa shape index (κ1) is 14.2. The SMILES string of the molecule is NNc1cccc(Oc2cc(Br)ccc2F)c1[N+](=O)[O-]. The quantitative estimate of drug-likeness (QED) is 0.504. The topological polar surface area (TPSA) is 90.4 Å². The zero-order valence-corrected chi connectivity index (χ0v) is 11.6. The van der Waals surface area contributed by atoms with E-state index in [1.54, 1.807) is 0 Å². The minimum absolute atomic E-state index is 0.0721. The van der Waals surface area contributed by atoms with Gasteiger partial charge in [-0.25, -0.2) is 4.39 Å². The van der Waals surface area contributed by atoms with Crippen molar-refractivity contribution in [2.75, 3.05) is 5.43 Å². The molecule has 2 rings (SSSR count). The number of hydrazine groups is 1. The number of hydrogen-bond donors (Lipinski definition) is 2. The maximum absolute atomic E-state index is 13.6. The number of benzene rings is 2. The zero-order valence-electron chi connectivity index (χ0n) is 9.97. The van der Waals surface area contributed by atoms with Crippen molar-refractivity contribution < 1.29 is 14.1 Å². The number of ether oxygens (including phenoxy) is 1. The fourth-order valence-corrected chi connectivity index (χ4v) is 1.92. The molecular formula is C12H9BrFN3O3. The van der Waals surface area contributed by atoms with Crippen LogP contribution in [0.1, 0.15) is 0 Å². The highest BCUT2D eigenvalue weighted by Gasteiger charge is 2.22. The van der Waals surface area contributed by atoms with E-state index in [4.69, 9.17) is 10.6 Å². The number of rotatable bonds is 4. The summed E-state index contributed by atoms with van der Waals surface area (Å²) < 4.78 is 19.5. The summed E-state index contributed by atoms with van der Waals surface area (Å²) in [6.07, 6.45) is 0. The molecule has 0 heterocycles. The standard InChI is InChI=1S/C12H9BrFN3O3/c13-7-4-5-8(14)11(6-7)20-10-3-1-2-9(16-15)12(10)17(18)19/h1-6,16H,15H2. The van der Waals surface area contributed by atoms with E-state index in [1.165, 1.54) is 36.4 Å². The molecule has 0 radical (unpaired) electrons. The molecule has 8 heteroatoms. The molecule has 6 nitrogen and oxygen atoms in total. The summed E-state index contributed by atoms with van der Waals surface area (Å²) >= 11 is 3.17. The molecule has 0 unspecified atom stereocenters. The Kier molecular flexibility index (Phi) is 4.16. The van der Waals surface area contributed by atoms with Gasteiger partial charge in [0.2, 0.25) is 5.75 Å². The van der Waals surface area contributed by atoms with Crippen LogP contribution in [0, 0.1) is 15.9 Å². The van der Waals surface area contributed by atoms with Gasteiger partial charge in [-0.2, -0.15) is 0 Å². The predicted molar refractivity (Wildman–Crippen MR) is 75.1 cm³/mol. The van der Waals surface area contributed by atoms with Crippen molar-refractivity contribution in [2.24, 2.45) is 5.84 Å². The number of hydrogen-bond acceptors (Lipinski definition) is 5. The first-order valence-corrected chi connectivity index (χ1v) is 6.19. The van der Waals surface area contributed by atoms with Crippen molar-refractivity contribution in [3.63, 3.8) is 0 Å². The van der Waals surface area contributed by atoms with Crippen LogP contribution in [-0.4, -0.2) is 4.92 Å². The monoisotopic (exact) mass is 341 g/mol. The predicted octanol–water partition coefficient (Wildman–Crippen LogP) is 3.57. The molecule has 3 N–H and O–H groups in total. The summed E-state index contributed by atoms with van der Waals surface area (Å²) in [6.45, 7) is 0. The Labute approximate surface area is 121 Å². The van der Waals surface area contributed by atoms with E-state index < -0.39 is 10.7 Å². The molecule has 0 amide bonds. The van der Waals surface area contributed by atoms with Crippen LogP contribution in [-0.2, 0) is 0 Å². The van der Waals surface area contributed by atoms with Crippen LogP contribution < -0.4 is 16.0 Å². The van der Waals surface area contributed by atoms with Gasteiger partial charge in [-0.3, -0.25) is 16.0 Å². The number of nitro groups is 1. The van der Waals surface area contributed by atoms with Gasteiger partial charge in [0.15, 0.2) is 11.6 Å². The van der Waals surface area contributed by atoms with Gasteiger partial charge in [0.1, 0.15) is 5.69 Å². The minimum Gasteiger partial charge on any atom is -0.447 e. The summed E-state index contributed by atoms with van der Waals surface area (Å²) in [7, 11) is 0. The van der Waals surface area contributed by atoms with Crippen molar-refractivity contribution in [1.82, 2.24) is 0 Å². The molecule has 0 saturated carbocycles. The molecule has 0 bridgehead atoms. The van der Waals surface area contributed by atoms with E-state index in [1.807, 2.05) is 0 Å². The van der Waals surface area contributed by atoms with Crippen LogP contribution >= 0.6 is 15.9 Å². The molecule has 0 saturated heterocycles. The average Bonchev–Trinajstić information content (AvgIpc) is 2.42. The lowest BCUT2D eigenvalue weighted by Crippen LogP contribution is -2.09. The molecular weight excluding hydrogens is 333 g/mol. The minimum atomic E-state index is -0.652. The number of halogens is 2. The number of nitrogens with two attached hydrogens (primary N) is 1. The van der Waals surface area contributed by atoms with Crippen LogP contribution in [0.4, 0.5) is 15.8 Å². The lowest BCUT2D eigenvalue weighted by Gasteiger charge is -2.09. The van der Waals surface area contributed by atoms with Crippen LogP contribution in [0.2, 0.25) is 0 Å². The van der Waals surface area contributed by atoms with Crippen LogP contribution in [0.25, 0.3) is 0 Å². The Morgan fingerprint density at radius 1 is 1.30 bits per heavy atom. The van der Waals surface area contributed by atoms with Gasteiger partial charge in [0.25, 0.3) is 0 Å². The van der Waals surface area contributed by atoms with Gasteiger partial charge in [-0.05, 0) is 30.3 Å². The van der Waals surface area contributed by atoms with Crippen LogP contribution in [0.15, 0.2) is 40.9 Å². The van der Waals surface area contributed by atoms with Crippen LogP contribution in [0.3, 0.4) is 0 Å². The summed E-state index contributed by atoms with van der Waals surface area (Å²) in [5.41, 5.74) is 1.91. The number of nitro benzene ring substituents is 1. The van der Waals surface area contributed by atoms with E-state index in [0.29, 0.717) is 4.47 Å². The maximum Gasteiger partial charge on any atom is 0.335 e. The van der Waals surface area contributed by atoms with Crippen molar-refractivity contribution in [3.8, 4) is 11.5 Å². The molecule has 0 fully saturated rings. The fourth-order valence-electron chi connectivity index (χ4n) is 1.58. The lowest BCUT2D eigenvalue weighted by atomic mass is 10.2. The second kappa shape index (κ2) is 5.85. The molecule has 0 aliphatic carbocycles. The van der Waals surface area contributed by atoms with E-state index >= 15 is 0 Å². The third kappa shape index (κ3) is 2.86. The fraction of sp³-hybridized carbons (Fsp3) is 0. The first-order valence-electron chi connectivity index (χ1n) is 5.40. The van der Waals surface area contributed by atoms with Crippen molar-refractivity contribution in [3.05, 3.63) is 56.8 Å². The third-order valence-electron chi connectivity index (χ3n) is 2.45. The zero-order chi connectivity index (χ0) is 14.7. The van der Waals surface area contributed by atoms with E-state index in [2.05, 4.69) is 21.4 Å². The average molecular weight is 342 g/mol. The second-order valence-electron chi connectivity index (χ2n) is 3.73. The second-order valence-corrected chi connectivity index (χ2v) is 4.65. The van der Waals surface area contributed by atoms with Gasteiger partial charge < -0.3 is 10.2 Å². The smallest absolute Gasteiger partial charge is 0.335 e. The summed E-state index contributed by atoms with van der Waals surface area (Å²) in [5.74, 6) is 4.35. The van der Waals surface area contributed by atoms with Crippen molar-refractivity contribution in [2.45, 2.75) is 0 Å².